The number of carbonyl (C=O) groups excluding carboxylic acids is 2. The first-order valence-corrected chi connectivity index (χ1v) is 5.15. The number of nitrogens with zero attached hydrogens (tertiary/aromatic N) is 1. The molecule has 0 unspecified atom stereocenters. The second-order valence-corrected chi connectivity index (χ2v) is 3.50. The molecular formula is C12H14N2O2. The fraction of sp³-hybridized carbons (Fsp3) is 0.333. The number of rotatable bonds is 4. The average Bonchev–Trinajstić information content (AvgIpc) is 2.23. The molecule has 1 aromatic carbocycles. The average molecular weight is 218 g/mol. The second-order valence-electron chi connectivity index (χ2n) is 3.50. The zero-order valence-corrected chi connectivity index (χ0v) is 9.41. The first kappa shape index (κ1) is 12.1. The molecule has 0 saturated carbocycles. The Morgan fingerprint density at radius 2 is 2.25 bits per heavy atom. The summed E-state index contributed by atoms with van der Waals surface area (Å²) in [5.74, 6) is -0.00256. The molecular weight excluding hydrogens is 204 g/mol. The number of aryl methyl sites for hydroxylation is 1. The second kappa shape index (κ2) is 5.83. The van der Waals surface area contributed by atoms with Crippen LogP contribution in [0.2, 0.25) is 0 Å². The predicted octanol–water partition coefficient (Wildman–Crippen LogP) is 2.70. The van der Waals surface area contributed by atoms with E-state index in [1.54, 1.807) is 18.2 Å². The number of nitrogens with one attached hydrogen (secondary N) is 1. The highest BCUT2D eigenvalue weighted by Gasteiger charge is 2.03. The maximum absolute atomic E-state index is 11.4. The molecule has 0 spiro atoms. The maximum atomic E-state index is 11.4. The molecule has 0 aliphatic heterocycles. The van der Waals surface area contributed by atoms with Gasteiger partial charge < -0.3 is 5.32 Å². The maximum Gasteiger partial charge on any atom is 0.240 e. The van der Waals surface area contributed by atoms with Gasteiger partial charge >= 0.3 is 0 Å². The number of carbonyl (C=O) groups is 1. The summed E-state index contributed by atoms with van der Waals surface area (Å²) in [4.78, 5) is 25.0. The summed E-state index contributed by atoms with van der Waals surface area (Å²) in [6.07, 6.45) is 2.80. The van der Waals surface area contributed by atoms with Crippen LogP contribution in [0, 0.1) is 6.92 Å². The number of isocyanates is 1. The van der Waals surface area contributed by atoms with Crippen molar-refractivity contribution in [2.24, 2.45) is 4.99 Å². The topological polar surface area (TPSA) is 58.5 Å². The molecule has 0 heterocycles. The highest BCUT2D eigenvalue weighted by Crippen LogP contribution is 2.21. The zero-order chi connectivity index (χ0) is 12.0. The third-order valence-corrected chi connectivity index (χ3v) is 2.14. The van der Waals surface area contributed by atoms with E-state index < -0.39 is 0 Å². The third-order valence-electron chi connectivity index (χ3n) is 2.14. The van der Waals surface area contributed by atoms with Gasteiger partial charge in [0.15, 0.2) is 0 Å². The van der Waals surface area contributed by atoms with Crippen molar-refractivity contribution in [3.63, 3.8) is 0 Å². The van der Waals surface area contributed by atoms with E-state index in [-0.39, 0.29) is 5.91 Å². The summed E-state index contributed by atoms with van der Waals surface area (Å²) in [7, 11) is 0. The Bertz CT molecular complexity index is 435. The highest BCUT2D eigenvalue weighted by atomic mass is 16.1. The molecule has 0 aromatic heterocycles. The van der Waals surface area contributed by atoms with Crippen molar-refractivity contribution in [3.8, 4) is 0 Å². The van der Waals surface area contributed by atoms with E-state index >= 15 is 0 Å². The van der Waals surface area contributed by atoms with Crippen LogP contribution in [-0.4, -0.2) is 12.0 Å². The Morgan fingerprint density at radius 1 is 1.50 bits per heavy atom. The Morgan fingerprint density at radius 3 is 2.81 bits per heavy atom. The Balaban J connectivity index is 2.82. The van der Waals surface area contributed by atoms with Crippen LogP contribution in [0.3, 0.4) is 0 Å². The van der Waals surface area contributed by atoms with Gasteiger partial charge in [-0.25, -0.2) is 4.79 Å². The largest absolute Gasteiger partial charge is 0.326 e. The minimum Gasteiger partial charge on any atom is -0.326 e. The highest BCUT2D eigenvalue weighted by molar-refractivity contribution is 5.91. The molecule has 1 rings (SSSR count). The summed E-state index contributed by atoms with van der Waals surface area (Å²) in [5.41, 5.74) is 2.17. The van der Waals surface area contributed by atoms with Gasteiger partial charge in [0, 0.05) is 12.1 Å². The van der Waals surface area contributed by atoms with Crippen LogP contribution >= 0.6 is 0 Å². The lowest BCUT2D eigenvalue weighted by molar-refractivity contribution is -0.116. The molecule has 1 aromatic rings. The fourth-order valence-corrected chi connectivity index (χ4v) is 1.35. The van der Waals surface area contributed by atoms with Crippen molar-refractivity contribution in [3.05, 3.63) is 23.8 Å². The van der Waals surface area contributed by atoms with E-state index in [1.807, 2.05) is 13.8 Å². The monoisotopic (exact) mass is 218 g/mol. The van der Waals surface area contributed by atoms with Gasteiger partial charge in [-0.05, 0) is 37.1 Å². The molecule has 0 aliphatic rings. The van der Waals surface area contributed by atoms with Crippen molar-refractivity contribution in [1.29, 1.82) is 0 Å². The van der Waals surface area contributed by atoms with Gasteiger partial charge in [-0.2, -0.15) is 4.99 Å². The Kier molecular flexibility index (Phi) is 4.42. The van der Waals surface area contributed by atoms with Crippen molar-refractivity contribution in [2.75, 3.05) is 5.32 Å². The lowest BCUT2D eigenvalue weighted by Gasteiger charge is -2.07. The van der Waals surface area contributed by atoms with E-state index in [0.29, 0.717) is 12.1 Å². The third kappa shape index (κ3) is 3.33. The molecule has 0 atom stereocenters. The molecule has 1 amide bonds. The van der Waals surface area contributed by atoms with Crippen molar-refractivity contribution in [1.82, 2.24) is 0 Å². The van der Waals surface area contributed by atoms with Crippen molar-refractivity contribution < 1.29 is 9.59 Å². The molecule has 1 N–H and O–H groups in total. The number of hydrogen-bond acceptors (Lipinski definition) is 3. The molecule has 0 aliphatic carbocycles. The number of hydrogen-bond donors (Lipinski definition) is 1. The lowest BCUT2D eigenvalue weighted by atomic mass is 10.1. The van der Waals surface area contributed by atoms with Gasteiger partial charge in [-0.1, -0.05) is 6.92 Å². The molecule has 4 nitrogen and oxygen atoms in total. The minimum atomic E-state index is -0.00256. The van der Waals surface area contributed by atoms with Crippen LogP contribution in [0.1, 0.15) is 25.3 Å². The molecule has 4 heteroatoms. The van der Waals surface area contributed by atoms with Gasteiger partial charge in [0.2, 0.25) is 12.0 Å². The van der Waals surface area contributed by atoms with Crippen molar-refractivity contribution >= 4 is 23.4 Å². The lowest BCUT2D eigenvalue weighted by Crippen LogP contribution is -2.11. The molecule has 0 fully saturated rings. The predicted molar refractivity (Wildman–Crippen MR) is 62.5 cm³/mol. The molecule has 16 heavy (non-hydrogen) atoms. The van der Waals surface area contributed by atoms with Crippen molar-refractivity contribution in [2.45, 2.75) is 26.7 Å². The quantitative estimate of drug-likeness (QED) is 0.624. The molecule has 0 saturated heterocycles. The fourth-order valence-electron chi connectivity index (χ4n) is 1.35. The minimum absolute atomic E-state index is 0.00256. The van der Waals surface area contributed by atoms with E-state index in [2.05, 4.69) is 10.3 Å². The summed E-state index contributed by atoms with van der Waals surface area (Å²) >= 11 is 0. The Labute approximate surface area is 94.4 Å². The first-order chi connectivity index (χ1) is 7.67. The van der Waals surface area contributed by atoms with Gasteiger partial charge in [0.1, 0.15) is 0 Å². The van der Waals surface area contributed by atoms with Crippen LogP contribution in [0.15, 0.2) is 23.2 Å². The standard InChI is InChI=1S/C12H14N2O2/c1-3-4-12(16)14-11-6-5-10(13-8-15)7-9(11)2/h5-7H,3-4H2,1-2H3,(H,14,16). The summed E-state index contributed by atoms with van der Waals surface area (Å²) < 4.78 is 0. The first-order valence-electron chi connectivity index (χ1n) is 5.15. The van der Waals surface area contributed by atoms with Gasteiger partial charge in [-0.15, -0.1) is 0 Å². The van der Waals surface area contributed by atoms with Crippen LogP contribution in [-0.2, 0) is 9.59 Å². The SMILES string of the molecule is CCCC(=O)Nc1ccc(N=C=O)cc1C. The van der Waals surface area contributed by atoms with Crippen LogP contribution < -0.4 is 5.32 Å². The van der Waals surface area contributed by atoms with E-state index in [4.69, 9.17) is 0 Å². The summed E-state index contributed by atoms with van der Waals surface area (Å²) in [5, 5.41) is 2.80. The van der Waals surface area contributed by atoms with Crippen LogP contribution in [0.5, 0.6) is 0 Å². The number of aliphatic imine (C=N–C) groups is 1. The zero-order valence-electron chi connectivity index (χ0n) is 9.41. The smallest absolute Gasteiger partial charge is 0.240 e. The molecule has 0 radical (unpaired) electrons. The van der Waals surface area contributed by atoms with Crippen LogP contribution in [0.4, 0.5) is 11.4 Å². The van der Waals surface area contributed by atoms with E-state index in [0.717, 1.165) is 17.7 Å². The number of amides is 1. The van der Waals surface area contributed by atoms with Gasteiger partial charge in [0.25, 0.3) is 0 Å². The summed E-state index contributed by atoms with van der Waals surface area (Å²) in [6, 6.07) is 5.13. The normalized spacial score (nSPS) is 9.38. The number of anilines is 1. The Hall–Kier alpha value is -1.93. The van der Waals surface area contributed by atoms with E-state index in [9.17, 15) is 9.59 Å². The molecule has 0 bridgehead atoms. The number of benzene rings is 1. The van der Waals surface area contributed by atoms with Gasteiger partial charge in [0.05, 0.1) is 5.69 Å². The van der Waals surface area contributed by atoms with E-state index in [1.165, 1.54) is 6.08 Å². The molecule has 84 valence electrons. The van der Waals surface area contributed by atoms with Crippen LogP contribution in [0.25, 0.3) is 0 Å². The van der Waals surface area contributed by atoms with Gasteiger partial charge in [-0.3, -0.25) is 4.79 Å². The summed E-state index contributed by atoms with van der Waals surface area (Å²) in [6.45, 7) is 3.81.